The lowest BCUT2D eigenvalue weighted by atomic mass is 9.80. The molecule has 2 nitrogen and oxygen atoms in total. The molecule has 0 radical (unpaired) electrons. The summed E-state index contributed by atoms with van der Waals surface area (Å²) in [6.07, 6.45) is 0. The number of aromatic nitrogens is 2. The van der Waals surface area contributed by atoms with Gasteiger partial charge in [0.1, 0.15) is 5.82 Å². The summed E-state index contributed by atoms with van der Waals surface area (Å²) in [4.78, 5) is 5.18. The number of hydrogen-bond donors (Lipinski definition) is 0. The van der Waals surface area contributed by atoms with E-state index >= 15 is 0 Å². The first-order chi connectivity index (χ1) is 21.6. The van der Waals surface area contributed by atoms with Crippen LogP contribution in [-0.4, -0.2) is 9.55 Å². The van der Waals surface area contributed by atoms with Crippen LogP contribution in [0.2, 0.25) is 0 Å². The third kappa shape index (κ3) is 3.52. The predicted octanol–water partition coefficient (Wildman–Crippen LogP) is 11.0. The quantitative estimate of drug-likeness (QED) is 0.209. The smallest absolute Gasteiger partial charge is 0.145 e. The van der Waals surface area contributed by atoms with Crippen LogP contribution in [-0.2, 0) is 5.41 Å². The molecule has 0 amide bonds. The Kier molecular flexibility index (Phi) is 5.28. The summed E-state index contributed by atoms with van der Waals surface area (Å²) >= 11 is 0. The molecule has 0 atom stereocenters. The van der Waals surface area contributed by atoms with Gasteiger partial charge in [-0.3, -0.25) is 4.57 Å². The van der Waals surface area contributed by atoms with Gasteiger partial charge in [0.25, 0.3) is 0 Å². The molecule has 208 valence electrons. The Morgan fingerprint density at radius 3 is 2.09 bits per heavy atom. The number of imidazole rings is 1. The molecule has 0 aliphatic heterocycles. The van der Waals surface area contributed by atoms with E-state index in [0.29, 0.717) is 0 Å². The molecule has 0 unspecified atom stereocenters. The van der Waals surface area contributed by atoms with Crippen LogP contribution in [0.15, 0.2) is 146 Å². The molecule has 44 heavy (non-hydrogen) atoms. The van der Waals surface area contributed by atoms with Gasteiger partial charge in [0.2, 0.25) is 0 Å². The van der Waals surface area contributed by atoms with Crippen molar-refractivity contribution in [2.75, 3.05) is 0 Å². The Hall–Kier alpha value is -5.47. The SMILES string of the molecule is CC1(C)c2cc(-c3nc4ccccc4n3-c3ccccc3)ccc2-c2c1cc(-c1cccc3ccccc13)c1ccccc21. The summed E-state index contributed by atoms with van der Waals surface area (Å²) in [5, 5.41) is 5.16. The third-order valence-electron chi connectivity index (χ3n) is 9.59. The zero-order valence-corrected chi connectivity index (χ0v) is 24.8. The fraction of sp³-hybridized carbons (Fsp3) is 0.0714. The van der Waals surface area contributed by atoms with E-state index in [1.807, 2.05) is 0 Å². The van der Waals surface area contributed by atoms with Crippen LogP contribution in [0.3, 0.4) is 0 Å². The Morgan fingerprint density at radius 1 is 0.523 bits per heavy atom. The number of para-hydroxylation sites is 3. The number of hydrogen-bond acceptors (Lipinski definition) is 1. The van der Waals surface area contributed by atoms with Gasteiger partial charge in [-0.25, -0.2) is 4.98 Å². The molecule has 1 aliphatic carbocycles. The van der Waals surface area contributed by atoms with Gasteiger partial charge in [0, 0.05) is 16.7 Å². The number of benzene rings is 7. The number of nitrogens with zero attached hydrogens (tertiary/aromatic N) is 2. The van der Waals surface area contributed by atoms with E-state index in [1.165, 1.54) is 54.9 Å². The van der Waals surface area contributed by atoms with E-state index < -0.39 is 0 Å². The first-order valence-electron chi connectivity index (χ1n) is 15.3. The molecule has 1 aromatic heterocycles. The highest BCUT2D eigenvalue weighted by atomic mass is 15.1. The fourth-order valence-corrected chi connectivity index (χ4v) is 7.46. The molecule has 2 heteroatoms. The summed E-state index contributed by atoms with van der Waals surface area (Å²) in [7, 11) is 0. The summed E-state index contributed by atoms with van der Waals surface area (Å²) in [6.45, 7) is 4.76. The molecular weight excluding hydrogens is 532 g/mol. The molecule has 7 aromatic carbocycles. The molecule has 0 bridgehead atoms. The Balaban J connectivity index is 1.29. The van der Waals surface area contributed by atoms with Crippen molar-refractivity contribution in [2.24, 2.45) is 0 Å². The van der Waals surface area contributed by atoms with Crippen molar-refractivity contribution in [3.8, 4) is 39.3 Å². The highest BCUT2D eigenvalue weighted by Gasteiger charge is 2.38. The summed E-state index contributed by atoms with van der Waals surface area (Å²) in [5.41, 5.74) is 12.1. The van der Waals surface area contributed by atoms with Crippen molar-refractivity contribution in [2.45, 2.75) is 19.3 Å². The van der Waals surface area contributed by atoms with Gasteiger partial charge >= 0.3 is 0 Å². The number of fused-ring (bicyclic) bond motifs is 7. The Morgan fingerprint density at radius 2 is 1.23 bits per heavy atom. The summed E-state index contributed by atoms with van der Waals surface area (Å²) < 4.78 is 2.29. The van der Waals surface area contributed by atoms with E-state index in [2.05, 4.69) is 164 Å². The minimum atomic E-state index is -0.187. The molecule has 9 rings (SSSR count). The normalized spacial score (nSPS) is 13.4. The molecule has 0 spiro atoms. The fourth-order valence-electron chi connectivity index (χ4n) is 7.46. The van der Waals surface area contributed by atoms with Crippen LogP contribution in [0.5, 0.6) is 0 Å². The minimum Gasteiger partial charge on any atom is -0.292 e. The lowest BCUT2D eigenvalue weighted by Crippen LogP contribution is -2.15. The lowest BCUT2D eigenvalue weighted by Gasteiger charge is -2.23. The Bertz CT molecular complexity index is 2400. The second kappa shape index (κ2) is 9.26. The lowest BCUT2D eigenvalue weighted by molar-refractivity contribution is 0.661. The molecule has 1 aliphatic rings. The average Bonchev–Trinajstić information content (AvgIpc) is 3.57. The van der Waals surface area contributed by atoms with Gasteiger partial charge in [-0.2, -0.15) is 0 Å². The van der Waals surface area contributed by atoms with Crippen molar-refractivity contribution in [3.63, 3.8) is 0 Å². The summed E-state index contributed by atoms with van der Waals surface area (Å²) in [5.74, 6) is 0.966. The van der Waals surface area contributed by atoms with Crippen LogP contribution in [0, 0.1) is 0 Å². The summed E-state index contributed by atoms with van der Waals surface area (Å²) in [6, 6.07) is 52.8. The molecular formula is C42H30N2. The van der Waals surface area contributed by atoms with E-state index in [0.717, 1.165) is 28.1 Å². The second-order valence-electron chi connectivity index (χ2n) is 12.4. The monoisotopic (exact) mass is 562 g/mol. The maximum atomic E-state index is 5.18. The predicted molar refractivity (Wildman–Crippen MR) is 185 cm³/mol. The van der Waals surface area contributed by atoms with Gasteiger partial charge in [0.05, 0.1) is 11.0 Å². The zero-order chi connectivity index (χ0) is 29.4. The van der Waals surface area contributed by atoms with Crippen molar-refractivity contribution in [1.29, 1.82) is 0 Å². The maximum Gasteiger partial charge on any atom is 0.145 e. The van der Waals surface area contributed by atoms with Gasteiger partial charge in [-0.1, -0.05) is 123 Å². The van der Waals surface area contributed by atoms with Crippen LogP contribution in [0.1, 0.15) is 25.0 Å². The van der Waals surface area contributed by atoms with Crippen LogP contribution in [0.4, 0.5) is 0 Å². The third-order valence-corrected chi connectivity index (χ3v) is 9.59. The van der Waals surface area contributed by atoms with Crippen molar-refractivity contribution in [3.05, 3.63) is 157 Å². The Labute approximate surface area is 256 Å². The topological polar surface area (TPSA) is 17.8 Å². The molecule has 0 saturated heterocycles. The van der Waals surface area contributed by atoms with Crippen molar-refractivity contribution in [1.82, 2.24) is 9.55 Å². The van der Waals surface area contributed by atoms with Gasteiger partial charge < -0.3 is 0 Å². The zero-order valence-electron chi connectivity index (χ0n) is 24.8. The van der Waals surface area contributed by atoms with E-state index in [1.54, 1.807) is 0 Å². The van der Waals surface area contributed by atoms with Gasteiger partial charge in [-0.05, 0) is 91.3 Å². The second-order valence-corrected chi connectivity index (χ2v) is 12.4. The van der Waals surface area contributed by atoms with E-state index in [-0.39, 0.29) is 5.41 Å². The maximum absolute atomic E-state index is 5.18. The largest absolute Gasteiger partial charge is 0.292 e. The molecule has 0 N–H and O–H groups in total. The molecule has 1 heterocycles. The molecule has 0 fully saturated rings. The van der Waals surface area contributed by atoms with Crippen LogP contribution in [0.25, 0.3) is 71.9 Å². The standard InChI is InChI=1S/C42H30N2/c1-42(2)36-25-28(41-43-38-21-10-11-22-39(38)44(41)29-15-4-3-5-16-29)23-24-34(36)40-33-19-9-8-18-32(33)35(26-37(40)42)31-20-12-14-27-13-6-7-17-30(27)31/h3-26H,1-2H3. The highest BCUT2D eigenvalue weighted by molar-refractivity contribution is 6.12. The first kappa shape index (κ1) is 25.1. The first-order valence-corrected chi connectivity index (χ1v) is 15.3. The van der Waals surface area contributed by atoms with Crippen LogP contribution >= 0.6 is 0 Å². The molecule has 8 aromatic rings. The van der Waals surface area contributed by atoms with Gasteiger partial charge in [0.15, 0.2) is 0 Å². The molecule has 0 saturated carbocycles. The number of rotatable bonds is 3. The van der Waals surface area contributed by atoms with Crippen molar-refractivity contribution < 1.29 is 0 Å². The minimum absolute atomic E-state index is 0.187. The van der Waals surface area contributed by atoms with Crippen molar-refractivity contribution >= 4 is 32.6 Å². The highest BCUT2D eigenvalue weighted by Crippen LogP contribution is 2.54. The van der Waals surface area contributed by atoms with E-state index in [9.17, 15) is 0 Å². The van der Waals surface area contributed by atoms with Gasteiger partial charge in [-0.15, -0.1) is 0 Å². The average molecular weight is 563 g/mol. The van der Waals surface area contributed by atoms with E-state index in [4.69, 9.17) is 4.98 Å². The van der Waals surface area contributed by atoms with Crippen LogP contribution < -0.4 is 0 Å².